The Labute approximate surface area is 123 Å². The molecule has 1 atom stereocenters. The fourth-order valence-corrected chi connectivity index (χ4v) is 2.24. The number of rotatable bonds is 3. The summed E-state index contributed by atoms with van der Waals surface area (Å²) in [5, 5.41) is 5.07. The first-order valence-electron chi connectivity index (χ1n) is 6.71. The predicted molar refractivity (Wildman–Crippen MR) is 69.5 cm³/mol. The number of halogens is 4. The van der Waals surface area contributed by atoms with Crippen LogP contribution in [0, 0.1) is 5.82 Å². The number of hydrogen-bond acceptors (Lipinski definition) is 2. The molecule has 22 heavy (non-hydrogen) atoms. The second-order valence-corrected chi connectivity index (χ2v) is 5.09. The lowest BCUT2D eigenvalue weighted by Crippen LogP contribution is -2.46. The highest BCUT2D eigenvalue weighted by Gasteiger charge is 2.32. The number of benzene rings is 1. The molecule has 0 aliphatic carbocycles. The fourth-order valence-electron chi connectivity index (χ4n) is 2.24. The smallest absolute Gasteiger partial charge is 0.352 e. The third-order valence-electron chi connectivity index (χ3n) is 3.32. The first-order chi connectivity index (χ1) is 10.3. The molecule has 1 aliphatic heterocycles. The highest BCUT2D eigenvalue weighted by Crippen LogP contribution is 2.30. The summed E-state index contributed by atoms with van der Waals surface area (Å²) in [6.07, 6.45) is -2.95. The number of piperidine rings is 1. The summed E-state index contributed by atoms with van der Waals surface area (Å²) in [5.74, 6) is -2.08. The molecule has 1 saturated heterocycles. The molecule has 8 heteroatoms. The number of carbonyl (C=O) groups is 2. The van der Waals surface area contributed by atoms with E-state index < -0.39 is 29.0 Å². The summed E-state index contributed by atoms with van der Waals surface area (Å²) in [6, 6.07) is 1.40. The molecule has 1 heterocycles. The van der Waals surface area contributed by atoms with Crippen LogP contribution < -0.4 is 10.6 Å². The minimum atomic E-state index is -4.73. The van der Waals surface area contributed by atoms with Gasteiger partial charge in [0.2, 0.25) is 5.91 Å². The average Bonchev–Trinajstić information content (AvgIpc) is 2.43. The third kappa shape index (κ3) is 4.19. The summed E-state index contributed by atoms with van der Waals surface area (Å²) >= 11 is 0. The van der Waals surface area contributed by atoms with E-state index in [1.165, 1.54) is 0 Å². The van der Waals surface area contributed by atoms with Crippen molar-refractivity contribution in [1.29, 1.82) is 0 Å². The molecular weight excluding hydrogens is 304 g/mol. The molecule has 2 amide bonds. The molecule has 2 N–H and O–H groups in total. The van der Waals surface area contributed by atoms with Crippen molar-refractivity contribution in [3.8, 4) is 0 Å². The molecule has 1 aliphatic rings. The van der Waals surface area contributed by atoms with Gasteiger partial charge in [-0.3, -0.25) is 9.59 Å². The molecule has 0 bridgehead atoms. The van der Waals surface area contributed by atoms with E-state index in [1.807, 2.05) is 0 Å². The molecule has 0 saturated carbocycles. The first kappa shape index (κ1) is 16.3. The largest absolute Gasteiger partial charge is 0.416 e. The van der Waals surface area contributed by atoms with Gasteiger partial charge in [-0.1, -0.05) is 0 Å². The Morgan fingerprint density at radius 1 is 1.32 bits per heavy atom. The molecule has 1 fully saturated rings. The quantitative estimate of drug-likeness (QED) is 0.840. The SMILES string of the molecule is O=C1CCC[C@H](CNC(=O)c2cc(F)cc(C(F)(F)F)c2)N1. The predicted octanol–water partition coefficient (Wildman–Crippen LogP) is 2.24. The van der Waals surface area contributed by atoms with Crippen LogP contribution in [-0.4, -0.2) is 24.4 Å². The van der Waals surface area contributed by atoms with Gasteiger partial charge >= 0.3 is 6.18 Å². The second-order valence-electron chi connectivity index (χ2n) is 5.09. The molecule has 1 aromatic rings. The molecule has 0 spiro atoms. The molecule has 0 radical (unpaired) electrons. The van der Waals surface area contributed by atoms with Crippen LogP contribution in [0.25, 0.3) is 0 Å². The summed E-state index contributed by atoms with van der Waals surface area (Å²) in [7, 11) is 0. The van der Waals surface area contributed by atoms with Crippen molar-refractivity contribution in [1.82, 2.24) is 10.6 Å². The van der Waals surface area contributed by atoms with Gasteiger partial charge < -0.3 is 10.6 Å². The summed E-state index contributed by atoms with van der Waals surface area (Å²) in [4.78, 5) is 23.0. The van der Waals surface area contributed by atoms with Crippen molar-refractivity contribution in [3.63, 3.8) is 0 Å². The molecule has 0 unspecified atom stereocenters. The van der Waals surface area contributed by atoms with E-state index in [1.54, 1.807) is 0 Å². The van der Waals surface area contributed by atoms with Crippen molar-refractivity contribution in [3.05, 3.63) is 35.1 Å². The van der Waals surface area contributed by atoms with Crippen LogP contribution in [0.1, 0.15) is 35.2 Å². The van der Waals surface area contributed by atoms with E-state index in [2.05, 4.69) is 10.6 Å². The molecule has 1 aromatic carbocycles. The van der Waals surface area contributed by atoms with Gasteiger partial charge in [0.15, 0.2) is 0 Å². The van der Waals surface area contributed by atoms with Crippen molar-refractivity contribution < 1.29 is 27.2 Å². The lowest BCUT2D eigenvalue weighted by atomic mass is 10.0. The van der Waals surface area contributed by atoms with Crippen LogP contribution in [0.2, 0.25) is 0 Å². The zero-order chi connectivity index (χ0) is 16.3. The van der Waals surface area contributed by atoms with Crippen LogP contribution >= 0.6 is 0 Å². The van der Waals surface area contributed by atoms with Crippen molar-refractivity contribution in [2.45, 2.75) is 31.5 Å². The van der Waals surface area contributed by atoms with Gasteiger partial charge in [-0.05, 0) is 31.0 Å². The van der Waals surface area contributed by atoms with Gasteiger partial charge in [0, 0.05) is 24.6 Å². The Hall–Kier alpha value is -2.12. The highest BCUT2D eigenvalue weighted by atomic mass is 19.4. The number of carbonyl (C=O) groups excluding carboxylic acids is 2. The normalized spacial score (nSPS) is 18.7. The zero-order valence-electron chi connectivity index (χ0n) is 11.5. The summed E-state index contributed by atoms with van der Waals surface area (Å²) in [5.41, 5.74) is -1.63. The van der Waals surface area contributed by atoms with Gasteiger partial charge in [-0.25, -0.2) is 4.39 Å². The van der Waals surface area contributed by atoms with E-state index in [9.17, 15) is 27.2 Å². The monoisotopic (exact) mass is 318 g/mol. The number of hydrogen-bond donors (Lipinski definition) is 2. The Balaban J connectivity index is 2.03. The van der Waals surface area contributed by atoms with Crippen LogP contribution in [0.5, 0.6) is 0 Å². The maximum Gasteiger partial charge on any atom is 0.416 e. The van der Waals surface area contributed by atoms with E-state index in [0.717, 1.165) is 6.07 Å². The Kier molecular flexibility index (Phi) is 4.68. The summed E-state index contributed by atoms with van der Waals surface area (Å²) in [6.45, 7) is 0.0858. The maximum atomic E-state index is 13.2. The van der Waals surface area contributed by atoms with Crippen molar-refractivity contribution in [2.75, 3.05) is 6.54 Å². The van der Waals surface area contributed by atoms with Gasteiger partial charge in [0.1, 0.15) is 5.82 Å². The van der Waals surface area contributed by atoms with E-state index in [4.69, 9.17) is 0 Å². The summed E-state index contributed by atoms with van der Waals surface area (Å²) < 4.78 is 51.0. The molecule has 4 nitrogen and oxygen atoms in total. The molecular formula is C14H14F4N2O2. The Bertz CT molecular complexity index is 587. The van der Waals surface area contributed by atoms with Gasteiger partial charge in [-0.15, -0.1) is 0 Å². The number of nitrogens with one attached hydrogen (secondary N) is 2. The lowest BCUT2D eigenvalue weighted by molar-refractivity contribution is -0.137. The van der Waals surface area contributed by atoms with Crippen LogP contribution in [0.4, 0.5) is 17.6 Å². The number of amides is 2. The standard InChI is InChI=1S/C14H14F4N2O2/c15-10-5-8(4-9(6-10)14(16,17)18)13(22)19-7-11-2-1-3-12(21)20-11/h4-6,11H,1-3,7H2,(H,19,22)(H,20,21)/t11-/m1/s1. The van der Waals surface area contributed by atoms with E-state index in [-0.39, 0.29) is 18.5 Å². The molecule has 120 valence electrons. The van der Waals surface area contributed by atoms with E-state index >= 15 is 0 Å². The maximum absolute atomic E-state index is 13.2. The van der Waals surface area contributed by atoms with Crippen LogP contribution in [-0.2, 0) is 11.0 Å². The van der Waals surface area contributed by atoms with Crippen LogP contribution in [0.3, 0.4) is 0 Å². The minimum Gasteiger partial charge on any atom is -0.352 e. The first-order valence-corrected chi connectivity index (χ1v) is 6.71. The topological polar surface area (TPSA) is 58.2 Å². The Morgan fingerprint density at radius 2 is 2.05 bits per heavy atom. The second kappa shape index (κ2) is 6.33. The Morgan fingerprint density at radius 3 is 2.68 bits per heavy atom. The van der Waals surface area contributed by atoms with Gasteiger partial charge in [0.05, 0.1) is 5.56 Å². The lowest BCUT2D eigenvalue weighted by Gasteiger charge is -2.23. The third-order valence-corrected chi connectivity index (χ3v) is 3.32. The van der Waals surface area contributed by atoms with Crippen LogP contribution in [0.15, 0.2) is 18.2 Å². The number of alkyl halides is 3. The van der Waals surface area contributed by atoms with Gasteiger partial charge in [0.25, 0.3) is 5.91 Å². The zero-order valence-corrected chi connectivity index (χ0v) is 11.5. The minimum absolute atomic E-state index is 0.0858. The van der Waals surface area contributed by atoms with Crippen molar-refractivity contribution in [2.24, 2.45) is 0 Å². The molecule has 2 rings (SSSR count). The molecule has 0 aromatic heterocycles. The van der Waals surface area contributed by atoms with E-state index in [0.29, 0.717) is 31.4 Å². The highest BCUT2D eigenvalue weighted by molar-refractivity contribution is 5.94. The average molecular weight is 318 g/mol. The van der Waals surface area contributed by atoms with Crippen molar-refractivity contribution >= 4 is 11.8 Å². The fraction of sp³-hybridized carbons (Fsp3) is 0.429. The van der Waals surface area contributed by atoms with Gasteiger partial charge in [-0.2, -0.15) is 13.2 Å².